The van der Waals surface area contributed by atoms with Gasteiger partial charge in [0.1, 0.15) is 23.3 Å². The number of nitrogens with one attached hydrogen (secondary N) is 1. The van der Waals surface area contributed by atoms with Crippen molar-refractivity contribution >= 4 is 11.6 Å². The van der Waals surface area contributed by atoms with Crippen molar-refractivity contribution in [3.63, 3.8) is 0 Å². The first-order chi connectivity index (χ1) is 10.1. The first-order valence-electron chi connectivity index (χ1n) is 7.21. The lowest BCUT2D eigenvalue weighted by molar-refractivity contribution is 0.627. The maximum atomic E-state index is 12.9. The van der Waals surface area contributed by atoms with Crippen LogP contribution in [0.2, 0.25) is 0 Å². The summed E-state index contributed by atoms with van der Waals surface area (Å²) in [5.41, 5.74) is 1.01. The number of benzene rings is 1. The second kappa shape index (κ2) is 7.02. The lowest BCUT2D eigenvalue weighted by atomic mass is 10.2. The fourth-order valence-electron chi connectivity index (χ4n) is 2.15. The van der Waals surface area contributed by atoms with E-state index < -0.39 is 0 Å². The molecule has 21 heavy (non-hydrogen) atoms. The molecule has 1 N–H and O–H groups in total. The lowest BCUT2D eigenvalue weighted by Gasteiger charge is -2.20. The molecule has 0 saturated heterocycles. The molecule has 5 heteroatoms. The minimum absolute atomic E-state index is 0.222. The number of rotatable bonds is 6. The summed E-state index contributed by atoms with van der Waals surface area (Å²) in [5, 5.41) is 3.26. The Kier molecular flexibility index (Phi) is 5.09. The Morgan fingerprint density at radius 3 is 2.38 bits per heavy atom. The van der Waals surface area contributed by atoms with Gasteiger partial charge < -0.3 is 10.2 Å². The highest BCUT2D eigenvalue weighted by Gasteiger charge is 2.07. The van der Waals surface area contributed by atoms with Crippen molar-refractivity contribution < 1.29 is 4.39 Å². The molecular formula is C16H21FN4. The second-order valence-corrected chi connectivity index (χ2v) is 4.81. The van der Waals surface area contributed by atoms with E-state index in [9.17, 15) is 4.39 Å². The molecule has 0 unspecified atom stereocenters. The van der Waals surface area contributed by atoms with E-state index in [1.807, 2.05) is 13.0 Å². The van der Waals surface area contributed by atoms with Gasteiger partial charge in [-0.2, -0.15) is 0 Å². The zero-order chi connectivity index (χ0) is 15.2. The van der Waals surface area contributed by atoms with Crippen LogP contribution in [0.1, 0.15) is 25.2 Å². The van der Waals surface area contributed by atoms with Crippen LogP contribution < -0.4 is 10.2 Å². The first kappa shape index (κ1) is 15.2. The van der Waals surface area contributed by atoms with Crippen molar-refractivity contribution in [2.45, 2.75) is 27.3 Å². The quantitative estimate of drug-likeness (QED) is 0.884. The Morgan fingerprint density at radius 2 is 1.76 bits per heavy atom. The van der Waals surface area contributed by atoms with Gasteiger partial charge in [0.2, 0.25) is 0 Å². The highest BCUT2D eigenvalue weighted by Crippen LogP contribution is 2.16. The van der Waals surface area contributed by atoms with E-state index in [4.69, 9.17) is 0 Å². The normalized spacial score (nSPS) is 10.5. The molecule has 0 atom stereocenters. The van der Waals surface area contributed by atoms with E-state index in [-0.39, 0.29) is 5.82 Å². The average molecular weight is 288 g/mol. The van der Waals surface area contributed by atoms with Gasteiger partial charge in [0.05, 0.1) is 0 Å². The van der Waals surface area contributed by atoms with Gasteiger partial charge in [0, 0.05) is 25.7 Å². The molecule has 0 aliphatic heterocycles. The summed E-state index contributed by atoms with van der Waals surface area (Å²) < 4.78 is 12.9. The highest BCUT2D eigenvalue weighted by molar-refractivity contribution is 5.49. The highest BCUT2D eigenvalue weighted by atomic mass is 19.1. The molecule has 1 aromatic heterocycles. The van der Waals surface area contributed by atoms with Crippen molar-refractivity contribution in [3.05, 3.63) is 47.5 Å². The van der Waals surface area contributed by atoms with E-state index in [0.717, 1.165) is 36.1 Å². The molecule has 2 rings (SSSR count). The van der Waals surface area contributed by atoms with Gasteiger partial charge >= 0.3 is 0 Å². The Hall–Kier alpha value is -2.17. The molecular weight excluding hydrogens is 267 g/mol. The summed E-state index contributed by atoms with van der Waals surface area (Å²) in [6, 6.07) is 8.40. The molecule has 0 radical (unpaired) electrons. The van der Waals surface area contributed by atoms with Crippen LogP contribution in [-0.2, 0) is 6.54 Å². The van der Waals surface area contributed by atoms with Gasteiger partial charge in [-0.1, -0.05) is 12.1 Å². The number of aromatic nitrogens is 2. The third-order valence-corrected chi connectivity index (χ3v) is 3.30. The fourth-order valence-corrected chi connectivity index (χ4v) is 2.15. The van der Waals surface area contributed by atoms with Gasteiger partial charge in [-0.25, -0.2) is 14.4 Å². The molecule has 112 valence electrons. The SMILES string of the molecule is CCN(CC)c1cc(NCc2ccc(F)cc2)nc(C)n1. The van der Waals surface area contributed by atoms with Gasteiger partial charge in [-0.15, -0.1) is 0 Å². The minimum Gasteiger partial charge on any atom is -0.366 e. The lowest BCUT2D eigenvalue weighted by Crippen LogP contribution is -2.23. The zero-order valence-electron chi connectivity index (χ0n) is 12.7. The Balaban J connectivity index is 2.10. The van der Waals surface area contributed by atoms with Crippen molar-refractivity contribution in [2.75, 3.05) is 23.3 Å². The van der Waals surface area contributed by atoms with Crippen molar-refractivity contribution in [1.82, 2.24) is 9.97 Å². The smallest absolute Gasteiger partial charge is 0.134 e. The topological polar surface area (TPSA) is 41.0 Å². The van der Waals surface area contributed by atoms with Crippen LogP contribution >= 0.6 is 0 Å². The molecule has 1 aromatic carbocycles. The number of nitrogens with zero attached hydrogens (tertiary/aromatic N) is 3. The molecule has 0 bridgehead atoms. The number of hydrogen-bond acceptors (Lipinski definition) is 4. The van der Waals surface area contributed by atoms with Crippen LogP contribution in [0.5, 0.6) is 0 Å². The molecule has 0 aliphatic rings. The summed E-state index contributed by atoms with van der Waals surface area (Å²) in [4.78, 5) is 11.0. The molecule has 1 heterocycles. The maximum Gasteiger partial charge on any atom is 0.134 e. The molecule has 0 spiro atoms. The van der Waals surface area contributed by atoms with E-state index in [2.05, 4.69) is 34.0 Å². The maximum absolute atomic E-state index is 12.9. The molecule has 0 aliphatic carbocycles. The van der Waals surface area contributed by atoms with E-state index >= 15 is 0 Å². The summed E-state index contributed by atoms with van der Waals surface area (Å²) in [6.07, 6.45) is 0. The Labute approximate surface area is 125 Å². The van der Waals surface area contributed by atoms with Crippen molar-refractivity contribution in [2.24, 2.45) is 0 Å². The Bertz CT molecular complexity index is 579. The van der Waals surface area contributed by atoms with Crippen LogP contribution in [0.3, 0.4) is 0 Å². The molecule has 2 aromatic rings. The summed E-state index contributed by atoms with van der Waals surface area (Å²) in [6.45, 7) is 8.51. The van der Waals surface area contributed by atoms with Crippen LogP contribution in [0.4, 0.5) is 16.0 Å². The number of halogens is 1. The van der Waals surface area contributed by atoms with Gasteiger partial charge in [0.15, 0.2) is 0 Å². The largest absolute Gasteiger partial charge is 0.366 e. The molecule has 0 saturated carbocycles. The Morgan fingerprint density at radius 1 is 1.10 bits per heavy atom. The number of hydrogen-bond donors (Lipinski definition) is 1. The average Bonchev–Trinajstić information content (AvgIpc) is 2.47. The second-order valence-electron chi connectivity index (χ2n) is 4.81. The van der Waals surface area contributed by atoms with Crippen molar-refractivity contribution in [1.29, 1.82) is 0 Å². The van der Waals surface area contributed by atoms with E-state index in [0.29, 0.717) is 6.54 Å². The van der Waals surface area contributed by atoms with Gasteiger partial charge in [-0.3, -0.25) is 0 Å². The standard InChI is InChI=1S/C16H21FN4/c1-4-21(5-2)16-10-15(19-12(3)20-16)18-11-13-6-8-14(17)9-7-13/h6-10H,4-5,11H2,1-3H3,(H,18,19,20). The van der Waals surface area contributed by atoms with Crippen LogP contribution in [-0.4, -0.2) is 23.1 Å². The van der Waals surface area contributed by atoms with Crippen LogP contribution in [0.15, 0.2) is 30.3 Å². The summed E-state index contributed by atoms with van der Waals surface area (Å²) >= 11 is 0. The number of aryl methyl sites for hydroxylation is 1. The predicted molar refractivity (Wildman–Crippen MR) is 84.1 cm³/mol. The van der Waals surface area contributed by atoms with Crippen LogP contribution in [0.25, 0.3) is 0 Å². The monoisotopic (exact) mass is 288 g/mol. The van der Waals surface area contributed by atoms with Crippen molar-refractivity contribution in [3.8, 4) is 0 Å². The zero-order valence-corrected chi connectivity index (χ0v) is 12.7. The van der Waals surface area contributed by atoms with E-state index in [1.54, 1.807) is 12.1 Å². The fraction of sp³-hybridized carbons (Fsp3) is 0.375. The molecule has 0 amide bonds. The number of anilines is 2. The van der Waals surface area contributed by atoms with Crippen LogP contribution in [0, 0.1) is 12.7 Å². The van der Waals surface area contributed by atoms with Gasteiger partial charge in [0.25, 0.3) is 0 Å². The molecule has 4 nitrogen and oxygen atoms in total. The third kappa shape index (κ3) is 4.15. The summed E-state index contributed by atoms with van der Waals surface area (Å²) in [5.74, 6) is 2.23. The predicted octanol–water partition coefficient (Wildman–Crippen LogP) is 3.38. The van der Waals surface area contributed by atoms with E-state index in [1.165, 1.54) is 12.1 Å². The first-order valence-corrected chi connectivity index (χ1v) is 7.21. The van der Waals surface area contributed by atoms with Gasteiger partial charge in [-0.05, 0) is 38.5 Å². The minimum atomic E-state index is -0.222. The molecule has 0 fully saturated rings. The summed E-state index contributed by atoms with van der Waals surface area (Å²) in [7, 11) is 0. The third-order valence-electron chi connectivity index (χ3n) is 3.30.